The smallest absolute Gasteiger partial charge is 0.188 e. The van der Waals surface area contributed by atoms with Gasteiger partial charge in [0, 0.05) is 23.7 Å². The highest BCUT2D eigenvalue weighted by Gasteiger charge is 2.04. The summed E-state index contributed by atoms with van der Waals surface area (Å²) in [6.45, 7) is 5.11. The van der Waals surface area contributed by atoms with Crippen molar-refractivity contribution in [1.82, 2.24) is 15.3 Å². The van der Waals surface area contributed by atoms with Crippen LogP contribution in [0.5, 0.6) is 0 Å². The minimum Gasteiger partial charge on any atom is -0.319 e. The monoisotopic (exact) mass is 197 g/mol. The molecule has 0 bridgehead atoms. The molecule has 0 aliphatic carbocycles. The predicted molar refractivity (Wildman–Crippen MR) is 56.0 cm³/mol. The van der Waals surface area contributed by atoms with Crippen LogP contribution in [-0.2, 0) is 0 Å². The standard InChI is InChI=1S/C9H15N3S/c1-7-4-5-11-9(12-7)13-8(2)6-10-3/h4-5,8,10H,6H2,1-3H3. The Morgan fingerprint density at radius 3 is 3.00 bits per heavy atom. The maximum atomic E-state index is 4.32. The highest BCUT2D eigenvalue weighted by atomic mass is 32.2. The first-order valence-corrected chi connectivity index (χ1v) is 5.21. The van der Waals surface area contributed by atoms with Crippen molar-refractivity contribution < 1.29 is 0 Å². The Morgan fingerprint density at radius 1 is 1.62 bits per heavy atom. The van der Waals surface area contributed by atoms with Crippen molar-refractivity contribution in [2.45, 2.75) is 24.3 Å². The molecule has 0 amide bonds. The Balaban J connectivity index is 2.53. The molecule has 1 heterocycles. The summed E-state index contributed by atoms with van der Waals surface area (Å²) in [5, 5.41) is 4.50. The fraction of sp³-hybridized carbons (Fsp3) is 0.556. The molecule has 4 heteroatoms. The average Bonchev–Trinajstić information content (AvgIpc) is 2.04. The van der Waals surface area contributed by atoms with E-state index in [-0.39, 0.29) is 0 Å². The van der Waals surface area contributed by atoms with E-state index in [1.807, 2.05) is 20.0 Å². The molecule has 1 atom stereocenters. The van der Waals surface area contributed by atoms with Gasteiger partial charge in [0.1, 0.15) is 0 Å². The molecule has 3 nitrogen and oxygen atoms in total. The molecule has 1 rings (SSSR count). The number of aryl methyl sites for hydroxylation is 1. The third-order valence-electron chi connectivity index (χ3n) is 1.57. The number of nitrogens with zero attached hydrogens (tertiary/aromatic N) is 2. The quantitative estimate of drug-likeness (QED) is 0.586. The molecule has 1 unspecified atom stereocenters. The van der Waals surface area contributed by atoms with E-state index in [1.54, 1.807) is 18.0 Å². The molecular formula is C9H15N3S. The number of aromatic nitrogens is 2. The molecule has 72 valence electrons. The number of hydrogen-bond acceptors (Lipinski definition) is 4. The topological polar surface area (TPSA) is 37.8 Å². The van der Waals surface area contributed by atoms with E-state index in [0.29, 0.717) is 5.25 Å². The minimum atomic E-state index is 0.506. The zero-order valence-electron chi connectivity index (χ0n) is 8.24. The summed E-state index contributed by atoms with van der Waals surface area (Å²) in [5.41, 5.74) is 1.02. The largest absolute Gasteiger partial charge is 0.319 e. The Labute approximate surface area is 83.4 Å². The molecular weight excluding hydrogens is 182 g/mol. The lowest BCUT2D eigenvalue weighted by atomic mass is 10.5. The van der Waals surface area contributed by atoms with Gasteiger partial charge in [-0.05, 0) is 20.0 Å². The Kier molecular flexibility index (Phi) is 4.18. The van der Waals surface area contributed by atoms with E-state index in [4.69, 9.17) is 0 Å². The summed E-state index contributed by atoms with van der Waals surface area (Å²) in [4.78, 5) is 8.51. The molecule has 13 heavy (non-hydrogen) atoms. The maximum Gasteiger partial charge on any atom is 0.188 e. The van der Waals surface area contributed by atoms with Crippen molar-refractivity contribution in [3.63, 3.8) is 0 Å². The summed E-state index contributed by atoms with van der Waals surface area (Å²) in [7, 11) is 1.95. The second-order valence-corrected chi connectivity index (χ2v) is 4.37. The maximum absolute atomic E-state index is 4.32. The van der Waals surface area contributed by atoms with Crippen molar-refractivity contribution in [3.8, 4) is 0 Å². The van der Waals surface area contributed by atoms with Crippen LogP contribution < -0.4 is 5.32 Å². The van der Waals surface area contributed by atoms with Crippen molar-refractivity contribution in [2.75, 3.05) is 13.6 Å². The number of thioether (sulfide) groups is 1. The van der Waals surface area contributed by atoms with E-state index in [0.717, 1.165) is 17.4 Å². The van der Waals surface area contributed by atoms with Gasteiger partial charge in [0.05, 0.1) is 0 Å². The van der Waals surface area contributed by atoms with Crippen LogP contribution in [0.1, 0.15) is 12.6 Å². The van der Waals surface area contributed by atoms with Crippen LogP contribution >= 0.6 is 11.8 Å². The van der Waals surface area contributed by atoms with Crippen molar-refractivity contribution >= 4 is 11.8 Å². The van der Waals surface area contributed by atoms with Gasteiger partial charge in [0.2, 0.25) is 0 Å². The van der Waals surface area contributed by atoms with Gasteiger partial charge in [-0.15, -0.1) is 0 Å². The summed E-state index contributed by atoms with van der Waals surface area (Å²) >= 11 is 1.70. The van der Waals surface area contributed by atoms with Crippen molar-refractivity contribution in [3.05, 3.63) is 18.0 Å². The molecule has 0 radical (unpaired) electrons. The molecule has 0 saturated carbocycles. The molecule has 0 aliphatic heterocycles. The van der Waals surface area contributed by atoms with Gasteiger partial charge < -0.3 is 5.32 Å². The first-order chi connectivity index (χ1) is 6.22. The molecule has 0 spiro atoms. The van der Waals surface area contributed by atoms with Gasteiger partial charge in [-0.25, -0.2) is 9.97 Å². The van der Waals surface area contributed by atoms with Gasteiger partial charge in [-0.1, -0.05) is 18.7 Å². The van der Waals surface area contributed by atoms with E-state index in [1.165, 1.54) is 0 Å². The van der Waals surface area contributed by atoms with Gasteiger partial charge in [0.15, 0.2) is 5.16 Å². The third kappa shape index (κ3) is 3.74. The van der Waals surface area contributed by atoms with Crippen LogP contribution in [0.4, 0.5) is 0 Å². The van der Waals surface area contributed by atoms with Gasteiger partial charge in [0.25, 0.3) is 0 Å². The van der Waals surface area contributed by atoms with Crippen LogP contribution in [0.2, 0.25) is 0 Å². The molecule has 1 aromatic rings. The van der Waals surface area contributed by atoms with Crippen molar-refractivity contribution in [1.29, 1.82) is 0 Å². The summed E-state index contributed by atoms with van der Waals surface area (Å²) < 4.78 is 0. The highest BCUT2D eigenvalue weighted by Crippen LogP contribution is 2.17. The fourth-order valence-corrected chi connectivity index (χ4v) is 1.92. The van der Waals surface area contributed by atoms with Crippen LogP contribution in [0.3, 0.4) is 0 Å². The second kappa shape index (κ2) is 5.19. The van der Waals surface area contributed by atoms with E-state index >= 15 is 0 Å². The SMILES string of the molecule is CNCC(C)Sc1nccc(C)n1. The lowest BCUT2D eigenvalue weighted by Crippen LogP contribution is -2.18. The van der Waals surface area contributed by atoms with E-state index in [2.05, 4.69) is 22.2 Å². The normalized spacial score (nSPS) is 12.8. The van der Waals surface area contributed by atoms with E-state index < -0.39 is 0 Å². The molecule has 1 N–H and O–H groups in total. The molecule has 1 aromatic heterocycles. The third-order valence-corrected chi connectivity index (χ3v) is 2.55. The first-order valence-electron chi connectivity index (χ1n) is 4.33. The summed E-state index contributed by atoms with van der Waals surface area (Å²) in [5.74, 6) is 0. The minimum absolute atomic E-state index is 0.506. The Hall–Kier alpha value is -0.610. The summed E-state index contributed by atoms with van der Waals surface area (Å²) in [6, 6.07) is 1.91. The predicted octanol–water partition coefficient (Wildman–Crippen LogP) is 1.49. The van der Waals surface area contributed by atoms with Crippen LogP contribution in [0, 0.1) is 6.92 Å². The molecule has 0 aromatic carbocycles. The second-order valence-electron chi connectivity index (χ2n) is 2.97. The molecule has 0 aliphatic rings. The fourth-order valence-electron chi connectivity index (χ4n) is 0.992. The lowest BCUT2D eigenvalue weighted by molar-refractivity contribution is 0.780. The zero-order chi connectivity index (χ0) is 9.68. The Morgan fingerprint density at radius 2 is 2.38 bits per heavy atom. The van der Waals surface area contributed by atoms with Crippen LogP contribution in [-0.4, -0.2) is 28.8 Å². The Bertz CT molecular complexity index is 265. The van der Waals surface area contributed by atoms with Gasteiger partial charge in [-0.2, -0.15) is 0 Å². The van der Waals surface area contributed by atoms with Crippen LogP contribution in [0.15, 0.2) is 17.4 Å². The van der Waals surface area contributed by atoms with Crippen molar-refractivity contribution in [2.24, 2.45) is 0 Å². The average molecular weight is 197 g/mol. The number of rotatable bonds is 4. The number of nitrogens with one attached hydrogen (secondary N) is 1. The molecule has 0 saturated heterocycles. The highest BCUT2D eigenvalue weighted by molar-refractivity contribution is 7.99. The molecule has 0 fully saturated rings. The van der Waals surface area contributed by atoms with Gasteiger partial charge >= 0.3 is 0 Å². The summed E-state index contributed by atoms with van der Waals surface area (Å²) in [6.07, 6.45) is 1.80. The van der Waals surface area contributed by atoms with E-state index in [9.17, 15) is 0 Å². The van der Waals surface area contributed by atoms with Crippen LogP contribution in [0.25, 0.3) is 0 Å². The first kappa shape index (κ1) is 10.5. The lowest BCUT2D eigenvalue weighted by Gasteiger charge is -2.08. The number of hydrogen-bond donors (Lipinski definition) is 1. The van der Waals surface area contributed by atoms with Gasteiger partial charge in [-0.3, -0.25) is 0 Å². The zero-order valence-corrected chi connectivity index (χ0v) is 9.06.